The predicted octanol–water partition coefficient (Wildman–Crippen LogP) is 3.53. The molecule has 1 saturated heterocycles. The fourth-order valence-electron chi connectivity index (χ4n) is 3.26. The second-order valence-corrected chi connectivity index (χ2v) is 8.09. The van der Waals surface area contributed by atoms with Crippen LogP contribution in [0.3, 0.4) is 0 Å². The Morgan fingerprint density at radius 1 is 1.10 bits per heavy atom. The predicted molar refractivity (Wildman–Crippen MR) is 129 cm³/mol. The Balaban J connectivity index is 1.46. The summed E-state index contributed by atoms with van der Waals surface area (Å²) in [6.07, 6.45) is 4.99. The van der Waals surface area contributed by atoms with E-state index in [-0.39, 0.29) is 11.0 Å². The molecule has 0 atom stereocenters. The maximum absolute atomic E-state index is 12.5. The Labute approximate surface area is 189 Å². The molecule has 2 heterocycles. The first-order valence-electron chi connectivity index (χ1n) is 10.8. The Bertz CT molecular complexity index is 849. The van der Waals surface area contributed by atoms with Gasteiger partial charge in [0.05, 0.1) is 12.2 Å². The number of amides is 1. The smallest absolute Gasteiger partial charge is 0.258 e. The summed E-state index contributed by atoms with van der Waals surface area (Å²) < 4.78 is 5.71. The Hall–Kier alpha value is -2.71. The first-order chi connectivity index (χ1) is 15.0. The minimum absolute atomic E-state index is 0.241. The average molecular weight is 442 g/mol. The van der Waals surface area contributed by atoms with Crippen molar-refractivity contribution >= 4 is 34.7 Å². The molecular formula is C23H31N5O2S. The second kappa shape index (κ2) is 11.6. The lowest BCUT2D eigenvalue weighted by atomic mass is 10.2. The summed E-state index contributed by atoms with van der Waals surface area (Å²) in [4.78, 5) is 21.5. The summed E-state index contributed by atoms with van der Waals surface area (Å²) >= 11 is 5.28. The van der Waals surface area contributed by atoms with Gasteiger partial charge in [-0.25, -0.2) is 4.98 Å². The zero-order valence-electron chi connectivity index (χ0n) is 18.3. The summed E-state index contributed by atoms with van der Waals surface area (Å²) in [5.41, 5.74) is 1.26. The number of ether oxygens (including phenoxy) is 1. The molecule has 166 valence electrons. The van der Waals surface area contributed by atoms with Crippen molar-refractivity contribution in [2.45, 2.75) is 26.2 Å². The van der Waals surface area contributed by atoms with Crippen LogP contribution in [-0.4, -0.2) is 60.7 Å². The molecule has 1 aromatic heterocycles. The molecule has 0 bridgehead atoms. The Morgan fingerprint density at radius 2 is 1.84 bits per heavy atom. The van der Waals surface area contributed by atoms with Gasteiger partial charge in [-0.2, -0.15) is 0 Å². The number of piperazine rings is 1. The monoisotopic (exact) mass is 441 g/mol. The Morgan fingerprint density at radius 3 is 2.48 bits per heavy atom. The van der Waals surface area contributed by atoms with E-state index in [1.165, 1.54) is 12.8 Å². The molecule has 0 aliphatic carbocycles. The minimum Gasteiger partial charge on any atom is -0.494 e. The van der Waals surface area contributed by atoms with E-state index >= 15 is 0 Å². The lowest BCUT2D eigenvalue weighted by Crippen LogP contribution is -2.44. The van der Waals surface area contributed by atoms with Gasteiger partial charge >= 0.3 is 0 Å². The summed E-state index contributed by atoms with van der Waals surface area (Å²) in [7, 11) is 2.12. The number of rotatable bonds is 8. The quantitative estimate of drug-likeness (QED) is 0.480. The molecule has 0 unspecified atom stereocenters. The number of unbranched alkanes of at least 4 members (excludes halogenated alkanes) is 2. The number of hydrogen-bond acceptors (Lipinski definition) is 6. The molecular weight excluding hydrogens is 410 g/mol. The topological polar surface area (TPSA) is 69.7 Å². The highest BCUT2D eigenvalue weighted by Gasteiger charge is 2.16. The molecule has 1 fully saturated rings. The number of benzene rings is 1. The van der Waals surface area contributed by atoms with Crippen LogP contribution in [0.15, 0.2) is 42.6 Å². The number of aromatic nitrogens is 1. The molecule has 31 heavy (non-hydrogen) atoms. The summed E-state index contributed by atoms with van der Waals surface area (Å²) in [5.74, 6) is 1.43. The third-order valence-electron chi connectivity index (χ3n) is 5.19. The average Bonchev–Trinajstić information content (AvgIpc) is 2.78. The van der Waals surface area contributed by atoms with Gasteiger partial charge in [-0.3, -0.25) is 10.1 Å². The fraction of sp³-hybridized carbons (Fsp3) is 0.435. The van der Waals surface area contributed by atoms with Gasteiger partial charge in [0, 0.05) is 38.1 Å². The van der Waals surface area contributed by atoms with Crippen LogP contribution in [0.1, 0.15) is 36.5 Å². The fourth-order valence-corrected chi connectivity index (χ4v) is 3.47. The first kappa shape index (κ1) is 23.0. The lowest BCUT2D eigenvalue weighted by Gasteiger charge is -2.33. The highest BCUT2D eigenvalue weighted by molar-refractivity contribution is 7.80. The van der Waals surface area contributed by atoms with Gasteiger partial charge in [-0.15, -0.1) is 0 Å². The number of hydrogen-bond donors (Lipinski definition) is 2. The van der Waals surface area contributed by atoms with Crippen molar-refractivity contribution in [3.63, 3.8) is 0 Å². The molecule has 0 saturated carbocycles. The van der Waals surface area contributed by atoms with Crippen LogP contribution in [0.4, 0.5) is 11.5 Å². The summed E-state index contributed by atoms with van der Waals surface area (Å²) in [6, 6.07) is 11.2. The lowest BCUT2D eigenvalue weighted by molar-refractivity contribution is 0.0977. The van der Waals surface area contributed by atoms with Crippen molar-refractivity contribution in [2.75, 3.05) is 50.1 Å². The number of likely N-dealkylation sites (N-methyl/N-ethyl adjacent to an activating group) is 1. The largest absolute Gasteiger partial charge is 0.494 e. The second-order valence-electron chi connectivity index (χ2n) is 7.68. The molecule has 1 aliphatic rings. The normalized spacial score (nSPS) is 14.2. The molecule has 2 N–H and O–H groups in total. The van der Waals surface area contributed by atoms with E-state index in [9.17, 15) is 4.79 Å². The van der Waals surface area contributed by atoms with Crippen LogP contribution >= 0.6 is 12.2 Å². The van der Waals surface area contributed by atoms with Crippen LogP contribution in [0.25, 0.3) is 0 Å². The van der Waals surface area contributed by atoms with Crippen LogP contribution in [0.2, 0.25) is 0 Å². The first-order valence-corrected chi connectivity index (χ1v) is 11.2. The molecule has 1 amide bonds. The van der Waals surface area contributed by atoms with E-state index in [1.807, 2.05) is 30.3 Å². The molecule has 7 nitrogen and oxygen atoms in total. The van der Waals surface area contributed by atoms with Crippen molar-refractivity contribution in [1.82, 2.24) is 15.2 Å². The molecule has 8 heteroatoms. The molecule has 0 spiro atoms. The number of carbonyl (C=O) groups excluding carboxylic acids is 1. The van der Waals surface area contributed by atoms with E-state index in [0.717, 1.165) is 56.5 Å². The van der Waals surface area contributed by atoms with Crippen LogP contribution < -0.4 is 20.3 Å². The van der Waals surface area contributed by atoms with Gasteiger partial charge in [0.15, 0.2) is 5.11 Å². The van der Waals surface area contributed by atoms with Crippen LogP contribution in [-0.2, 0) is 0 Å². The number of nitrogens with one attached hydrogen (secondary N) is 2. The number of anilines is 2. The molecule has 2 aromatic rings. The third kappa shape index (κ3) is 7.18. The van der Waals surface area contributed by atoms with Gasteiger partial charge in [-0.05, 0) is 62.1 Å². The molecule has 3 rings (SSSR count). The summed E-state index contributed by atoms with van der Waals surface area (Å²) in [6.45, 7) is 6.78. The van der Waals surface area contributed by atoms with E-state index in [2.05, 4.69) is 39.4 Å². The Kier molecular flexibility index (Phi) is 8.61. The van der Waals surface area contributed by atoms with E-state index in [0.29, 0.717) is 5.56 Å². The van der Waals surface area contributed by atoms with Crippen molar-refractivity contribution < 1.29 is 9.53 Å². The SMILES string of the molecule is CCCCCOc1ccc(NC(=S)NC(=O)c2ccc(N3CCN(C)CC3)nc2)cc1. The number of pyridine rings is 1. The van der Waals surface area contributed by atoms with E-state index in [4.69, 9.17) is 17.0 Å². The van der Waals surface area contributed by atoms with Crippen molar-refractivity contribution in [2.24, 2.45) is 0 Å². The third-order valence-corrected chi connectivity index (χ3v) is 5.40. The van der Waals surface area contributed by atoms with Gasteiger partial charge in [0.2, 0.25) is 0 Å². The highest BCUT2D eigenvalue weighted by Crippen LogP contribution is 2.17. The minimum atomic E-state index is -0.286. The van der Waals surface area contributed by atoms with Crippen LogP contribution in [0.5, 0.6) is 5.75 Å². The summed E-state index contributed by atoms with van der Waals surface area (Å²) in [5, 5.41) is 5.97. The zero-order valence-corrected chi connectivity index (χ0v) is 19.1. The van der Waals surface area contributed by atoms with E-state index < -0.39 is 0 Å². The van der Waals surface area contributed by atoms with Gasteiger partial charge in [0.25, 0.3) is 5.91 Å². The maximum atomic E-state index is 12.5. The van der Waals surface area contributed by atoms with Crippen molar-refractivity contribution in [3.05, 3.63) is 48.2 Å². The van der Waals surface area contributed by atoms with Gasteiger partial charge < -0.3 is 19.9 Å². The zero-order chi connectivity index (χ0) is 22.1. The number of nitrogens with zero attached hydrogens (tertiary/aromatic N) is 3. The van der Waals surface area contributed by atoms with Gasteiger partial charge in [0.1, 0.15) is 11.6 Å². The van der Waals surface area contributed by atoms with Crippen molar-refractivity contribution in [3.8, 4) is 5.75 Å². The molecule has 0 radical (unpaired) electrons. The van der Waals surface area contributed by atoms with Gasteiger partial charge in [-0.1, -0.05) is 19.8 Å². The van der Waals surface area contributed by atoms with Crippen LogP contribution in [0, 0.1) is 0 Å². The van der Waals surface area contributed by atoms with Crippen molar-refractivity contribution in [1.29, 1.82) is 0 Å². The van der Waals surface area contributed by atoms with E-state index in [1.54, 1.807) is 12.3 Å². The standard InChI is InChI=1S/C23H31N5O2S/c1-3-4-5-16-30-20-9-7-19(8-10-20)25-23(31)26-22(29)18-6-11-21(24-17-18)28-14-12-27(2)13-15-28/h6-11,17H,3-5,12-16H2,1-2H3,(H2,25,26,29,31). The molecule has 1 aromatic carbocycles. The number of carbonyl (C=O) groups is 1. The molecule has 1 aliphatic heterocycles. The maximum Gasteiger partial charge on any atom is 0.258 e. The number of thiocarbonyl (C=S) groups is 1. The highest BCUT2D eigenvalue weighted by atomic mass is 32.1.